The molecule has 0 aliphatic carbocycles. The van der Waals surface area contributed by atoms with Gasteiger partial charge in [-0.25, -0.2) is 0 Å². The molecule has 21 heavy (non-hydrogen) atoms. The molecule has 0 aliphatic heterocycles. The van der Waals surface area contributed by atoms with Crippen LogP contribution in [0.4, 0.5) is 8.78 Å². The molecule has 120 valence electrons. The Labute approximate surface area is 125 Å². The monoisotopic (exact) mass is 300 g/mol. The molecule has 2 unspecified atom stereocenters. The van der Waals surface area contributed by atoms with Gasteiger partial charge in [-0.3, -0.25) is 11.3 Å². The smallest absolute Gasteiger partial charge is 0.387 e. The zero-order valence-electron chi connectivity index (χ0n) is 12.8. The van der Waals surface area contributed by atoms with Crippen molar-refractivity contribution in [1.29, 1.82) is 0 Å². The number of hydrogen-bond donors (Lipinski definition) is 2. The zero-order chi connectivity index (χ0) is 15.7. The number of nitrogens with two attached hydrogens (primary N) is 1. The standard InChI is InChI=1S/C16H26F2N2O/c1-3-5-6-12(4-2)11-15(20-19)13-7-9-14(10-8-13)21-16(17)18/h7-10,12,15-16,20H,3-6,11,19H2,1-2H3. The molecule has 1 aromatic rings. The second kappa shape index (κ2) is 9.68. The van der Waals surface area contributed by atoms with Crippen LogP contribution in [-0.2, 0) is 0 Å². The number of rotatable bonds is 10. The predicted octanol–water partition coefficient (Wildman–Crippen LogP) is 4.40. The Morgan fingerprint density at radius 2 is 1.86 bits per heavy atom. The number of nitrogens with one attached hydrogen (secondary N) is 1. The van der Waals surface area contributed by atoms with Gasteiger partial charge in [-0.1, -0.05) is 51.7 Å². The number of halogens is 2. The SMILES string of the molecule is CCCCC(CC)CC(NN)c1ccc(OC(F)F)cc1. The fraction of sp³-hybridized carbons (Fsp3) is 0.625. The van der Waals surface area contributed by atoms with Crippen LogP contribution in [-0.4, -0.2) is 6.61 Å². The van der Waals surface area contributed by atoms with Crippen LogP contribution in [0, 0.1) is 5.92 Å². The van der Waals surface area contributed by atoms with E-state index in [1.165, 1.54) is 19.3 Å². The highest BCUT2D eigenvalue weighted by molar-refractivity contribution is 5.29. The Morgan fingerprint density at radius 3 is 2.33 bits per heavy atom. The molecule has 3 nitrogen and oxygen atoms in total. The molecular formula is C16H26F2N2O. The summed E-state index contributed by atoms with van der Waals surface area (Å²) in [5.74, 6) is 6.44. The first kappa shape index (κ1) is 17.9. The van der Waals surface area contributed by atoms with Crippen LogP contribution >= 0.6 is 0 Å². The molecule has 2 atom stereocenters. The molecule has 0 saturated heterocycles. The van der Waals surface area contributed by atoms with Crippen molar-refractivity contribution in [3.63, 3.8) is 0 Å². The molecule has 0 bridgehead atoms. The van der Waals surface area contributed by atoms with Gasteiger partial charge in [0, 0.05) is 6.04 Å². The number of unbranched alkanes of at least 4 members (excludes halogenated alkanes) is 1. The molecule has 0 aromatic heterocycles. The van der Waals surface area contributed by atoms with Gasteiger partial charge < -0.3 is 4.74 Å². The molecular weight excluding hydrogens is 274 g/mol. The molecule has 0 heterocycles. The Kier molecular flexibility index (Phi) is 8.23. The summed E-state index contributed by atoms with van der Waals surface area (Å²) in [5, 5.41) is 0. The number of alkyl halides is 2. The third-order valence-corrected chi connectivity index (χ3v) is 3.82. The van der Waals surface area contributed by atoms with Gasteiger partial charge in [-0.2, -0.15) is 8.78 Å². The van der Waals surface area contributed by atoms with E-state index >= 15 is 0 Å². The minimum Gasteiger partial charge on any atom is -0.435 e. The van der Waals surface area contributed by atoms with Crippen LogP contribution in [0.2, 0.25) is 0 Å². The van der Waals surface area contributed by atoms with Crippen LogP contribution in [0.5, 0.6) is 5.75 Å². The minimum absolute atomic E-state index is 0.0346. The summed E-state index contributed by atoms with van der Waals surface area (Å²) in [7, 11) is 0. The lowest BCUT2D eigenvalue weighted by molar-refractivity contribution is -0.0498. The van der Waals surface area contributed by atoms with Gasteiger partial charge >= 0.3 is 6.61 Å². The number of benzene rings is 1. The molecule has 1 rings (SSSR count). The highest BCUT2D eigenvalue weighted by Gasteiger charge is 2.16. The van der Waals surface area contributed by atoms with Crippen molar-refractivity contribution in [2.75, 3.05) is 0 Å². The van der Waals surface area contributed by atoms with Gasteiger partial charge in [0.05, 0.1) is 0 Å². The van der Waals surface area contributed by atoms with E-state index in [4.69, 9.17) is 5.84 Å². The molecule has 0 fully saturated rings. The first-order chi connectivity index (χ1) is 10.1. The normalized spacial score (nSPS) is 14.2. The van der Waals surface area contributed by atoms with E-state index < -0.39 is 6.61 Å². The van der Waals surface area contributed by atoms with Crippen LogP contribution in [0.15, 0.2) is 24.3 Å². The van der Waals surface area contributed by atoms with Crippen LogP contribution in [0.25, 0.3) is 0 Å². The summed E-state index contributed by atoms with van der Waals surface area (Å²) in [6.45, 7) is 1.58. The van der Waals surface area contributed by atoms with Gasteiger partial charge in [-0.15, -0.1) is 0 Å². The van der Waals surface area contributed by atoms with Crippen molar-refractivity contribution in [1.82, 2.24) is 5.43 Å². The van der Waals surface area contributed by atoms with Crippen molar-refractivity contribution in [3.8, 4) is 5.75 Å². The highest BCUT2D eigenvalue weighted by Crippen LogP contribution is 2.27. The average Bonchev–Trinajstić information content (AvgIpc) is 2.48. The van der Waals surface area contributed by atoms with Gasteiger partial charge in [0.1, 0.15) is 5.75 Å². The summed E-state index contributed by atoms with van der Waals surface area (Å²) in [5.41, 5.74) is 3.83. The number of hydrogen-bond acceptors (Lipinski definition) is 3. The first-order valence-electron chi connectivity index (χ1n) is 7.61. The van der Waals surface area contributed by atoms with Gasteiger partial charge in [0.25, 0.3) is 0 Å². The predicted molar refractivity (Wildman–Crippen MR) is 81.1 cm³/mol. The van der Waals surface area contributed by atoms with Crippen molar-refractivity contribution in [2.24, 2.45) is 11.8 Å². The molecule has 0 saturated carbocycles. The topological polar surface area (TPSA) is 47.3 Å². The summed E-state index contributed by atoms with van der Waals surface area (Å²) < 4.78 is 28.6. The van der Waals surface area contributed by atoms with Crippen molar-refractivity contribution in [2.45, 2.75) is 58.6 Å². The molecule has 1 aromatic carbocycles. The fourth-order valence-electron chi connectivity index (χ4n) is 2.50. The fourth-order valence-corrected chi connectivity index (χ4v) is 2.50. The van der Waals surface area contributed by atoms with Gasteiger partial charge in [0.2, 0.25) is 0 Å². The second-order valence-electron chi connectivity index (χ2n) is 5.32. The Hall–Kier alpha value is -1.20. The Balaban J connectivity index is 2.65. The number of hydrazine groups is 1. The van der Waals surface area contributed by atoms with E-state index in [1.807, 2.05) is 0 Å². The number of ether oxygens (including phenoxy) is 1. The lowest BCUT2D eigenvalue weighted by Gasteiger charge is -2.22. The molecule has 0 amide bonds. The van der Waals surface area contributed by atoms with Crippen LogP contribution < -0.4 is 16.0 Å². The van der Waals surface area contributed by atoms with Gasteiger partial charge in [0.15, 0.2) is 0 Å². The highest BCUT2D eigenvalue weighted by atomic mass is 19.3. The third-order valence-electron chi connectivity index (χ3n) is 3.82. The summed E-state index contributed by atoms with van der Waals surface area (Å²) in [6.07, 6.45) is 5.67. The summed E-state index contributed by atoms with van der Waals surface area (Å²) in [4.78, 5) is 0. The molecule has 0 aliphatic rings. The molecule has 0 radical (unpaired) electrons. The largest absolute Gasteiger partial charge is 0.435 e. The molecule has 3 N–H and O–H groups in total. The average molecular weight is 300 g/mol. The third kappa shape index (κ3) is 6.40. The van der Waals surface area contributed by atoms with E-state index in [1.54, 1.807) is 24.3 Å². The Morgan fingerprint density at radius 1 is 1.19 bits per heavy atom. The van der Waals surface area contributed by atoms with E-state index in [9.17, 15) is 8.78 Å². The van der Waals surface area contributed by atoms with Crippen molar-refractivity contribution in [3.05, 3.63) is 29.8 Å². The van der Waals surface area contributed by atoms with E-state index in [2.05, 4.69) is 24.0 Å². The Bertz CT molecular complexity index is 384. The van der Waals surface area contributed by atoms with Gasteiger partial charge in [-0.05, 0) is 30.0 Å². The van der Waals surface area contributed by atoms with Crippen LogP contribution in [0.3, 0.4) is 0 Å². The maximum absolute atomic E-state index is 12.1. The summed E-state index contributed by atoms with van der Waals surface area (Å²) >= 11 is 0. The van der Waals surface area contributed by atoms with Crippen molar-refractivity contribution < 1.29 is 13.5 Å². The zero-order valence-corrected chi connectivity index (χ0v) is 12.8. The van der Waals surface area contributed by atoms with Crippen LogP contribution in [0.1, 0.15) is 57.6 Å². The molecule has 0 spiro atoms. The maximum atomic E-state index is 12.1. The first-order valence-corrected chi connectivity index (χ1v) is 7.61. The van der Waals surface area contributed by atoms with Crippen molar-refractivity contribution >= 4 is 0 Å². The minimum atomic E-state index is -2.79. The summed E-state index contributed by atoms with van der Waals surface area (Å²) in [6, 6.07) is 6.72. The van der Waals surface area contributed by atoms with E-state index in [0.717, 1.165) is 18.4 Å². The maximum Gasteiger partial charge on any atom is 0.387 e. The second-order valence-corrected chi connectivity index (χ2v) is 5.32. The lowest BCUT2D eigenvalue weighted by atomic mass is 9.89. The molecule has 5 heteroatoms. The lowest BCUT2D eigenvalue weighted by Crippen LogP contribution is -2.29. The van der Waals surface area contributed by atoms with E-state index in [0.29, 0.717) is 5.92 Å². The quantitative estimate of drug-likeness (QED) is 0.497. The van der Waals surface area contributed by atoms with E-state index in [-0.39, 0.29) is 11.8 Å².